The quantitative estimate of drug-likeness (QED) is 0.164. The first-order valence-electron chi connectivity index (χ1n) is 11.6. The zero-order valence-corrected chi connectivity index (χ0v) is 20.4. The molecule has 0 bridgehead atoms. The summed E-state index contributed by atoms with van der Waals surface area (Å²) in [6.45, 7) is 0.574. The normalized spacial score (nSPS) is 12.9. The Labute approximate surface area is 214 Å². The van der Waals surface area contributed by atoms with Gasteiger partial charge in [0, 0.05) is 6.42 Å². The minimum Gasteiger partial charge on any atom is -0.508 e. The zero-order chi connectivity index (χ0) is 27.4. The molecule has 12 nitrogen and oxygen atoms in total. The number of benzene rings is 2. The average Bonchev–Trinajstić information content (AvgIpc) is 2.87. The van der Waals surface area contributed by atoms with Gasteiger partial charge in [0.05, 0.1) is 19.1 Å². The molecule has 0 fully saturated rings. The Kier molecular flexibility index (Phi) is 11.0. The molecule has 37 heavy (non-hydrogen) atoms. The molecular formula is C25H32N6O6. The Bertz CT molecular complexity index is 1090. The molecule has 0 aromatic heterocycles. The van der Waals surface area contributed by atoms with Crippen molar-refractivity contribution < 1.29 is 29.1 Å². The van der Waals surface area contributed by atoms with Crippen LogP contribution in [0.1, 0.15) is 18.1 Å². The number of hydrogen-bond acceptors (Lipinski definition) is 7. The predicted molar refractivity (Wildman–Crippen MR) is 135 cm³/mol. The summed E-state index contributed by atoms with van der Waals surface area (Å²) in [4.78, 5) is 60.6. The summed E-state index contributed by atoms with van der Waals surface area (Å²) in [5, 5.41) is 19.0. The first kappa shape index (κ1) is 28.8. The summed E-state index contributed by atoms with van der Waals surface area (Å²) < 4.78 is 0. The van der Waals surface area contributed by atoms with Crippen LogP contribution in [-0.2, 0) is 36.8 Å². The Hall–Kier alpha value is -4.45. The zero-order valence-electron chi connectivity index (χ0n) is 20.4. The molecule has 0 aliphatic heterocycles. The van der Waals surface area contributed by atoms with E-state index in [-0.39, 0.29) is 18.6 Å². The Morgan fingerprint density at radius 1 is 0.784 bits per heavy atom. The van der Waals surface area contributed by atoms with Crippen LogP contribution in [0.15, 0.2) is 54.6 Å². The Balaban J connectivity index is 1.83. The maximum Gasteiger partial charge on any atom is 0.243 e. The van der Waals surface area contributed by atoms with Gasteiger partial charge in [0.2, 0.25) is 29.5 Å². The number of amides is 5. The Morgan fingerprint density at radius 2 is 1.38 bits per heavy atom. The molecule has 198 valence electrons. The summed E-state index contributed by atoms with van der Waals surface area (Å²) in [5.41, 5.74) is 12.6. The van der Waals surface area contributed by atoms with E-state index in [1.807, 2.05) is 0 Å². The van der Waals surface area contributed by atoms with E-state index in [1.54, 1.807) is 42.5 Å². The maximum atomic E-state index is 12.6. The highest BCUT2D eigenvalue weighted by Crippen LogP contribution is 2.10. The van der Waals surface area contributed by atoms with Gasteiger partial charge < -0.3 is 37.8 Å². The smallest absolute Gasteiger partial charge is 0.243 e. The number of nitrogens with one attached hydrogen (secondary N) is 4. The molecule has 0 saturated heterocycles. The van der Waals surface area contributed by atoms with E-state index in [4.69, 9.17) is 11.5 Å². The van der Waals surface area contributed by atoms with Crippen LogP contribution in [-0.4, -0.2) is 65.9 Å². The van der Waals surface area contributed by atoms with Crippen LogP contribution in [0, 0.1) is 0 Å². The van der Waals surface area contributed by atoms with Crippen LogP contribution < -0.4 is 32.7 Å². The molecule has 12 heteroatoms. The van der Waals surface area contributed by atoms with Gasteiger partial charge in [-0.2, -0.15) is 0 Å². The van der Waals surface area contributed by atoms with Crippen molar-refractivity contribution in [3.8, 4) is 5.75 Å². The summed E-state index contributed by atoms with van der Waals surface area (Å²) in [5.74, 6) is -3.08. The van der Waals surface area contributed by atoms with Crippen LogP contribution in [0.3, 0.4) is 0 Å². The SMILES string of the molecule is C[C@H](NC(=O)[C@H](Cc1ccccc1)NC(=O)CNC(=O)CNC(=O)[C@@H](N)Cc1ccc(O)cc1)C(N)=O. The maximum absolute atomic E-state index is 12.6. The Morgan fingerprint density at radius 3 is 2.00 bits per heavy atom. The first-order chi connectivity index (χ1) is 17.5. The first-order valence-corrected chi connectivity index (χ1v) is 11.6. The van der Waals surface area contributed by atoms with Crippen LogP contribution >= 0.6 is 0 Å². The fraction of sp³-hybridized carbons (Fsp3) is 0.320. The van der Waals surface area contributed by atoms with Crippen molar-refractivity contribution in [1.82, 2.24) is 21.3 Å². The fourth-order valence-electron chi connectivity index (χ4n) is 3.21. The second kappa shape index (κ2) is 14.2. The van der Waals surface area contributed by atoms with E-state index in [1.165, 1.54) is 19.1 Å². The van der Waals surface area contributed by atoms with Crippen molar-refractivity contribution >= 4 is 29.5 Å². The molecule has 0 aliphatic rings. The van der Waals surface area contributed by atoms with Crippen molar-refractivity contribution in [3.63, 3.8) is 0 Å². The molecule has 2 aromatic rings. The standard InChI is InChI=1S/C25H32N6O6/c1-15(23(27)35)30-25(37)20(12-16-5-3-2-4-6-16)31-22(34)14-28-21(33)13-29-24(36)19(26)11-17-7-9-18(32)10-8-17/h2-10,15,19-20,32H,11-14,26H2,1H3,(H2,27,35)(H,28,33)(H,29,36)(H,30,37)(H,31,34)/t15-,19-,20-/m0/s1. The average molecular weight is 513 g/mol. The highest BCUT2D eigenvalue weighted by Gasteiger charge is 2.24. The molecule has 0 radical (unpaired) electrons. The summed E-state index contributed by atoms with van der Waals surface area (Å²) in [6.07, 6.45) is 0.349. The lowest BCUT2D eigenvalue weighted by molar-refractivity contribution is -0.131. The molecule has 5 amide bonds. The summed E-state index contributed by atoms with van der Waals surface area (Å²) >= 11 is 0. The topological polar surface area (TPSA) is 206 Å². The largest absolute Gasteiger partial charge is 0.508 e. The lowest BCUT2D eigenvalue weighted by atomic mass is 10.0. The van der Waals surface area contributed by atoms with E-state index in [0.717, 1.165) is 11.1 Å². The summed E-state index contributed by atoms with van der Waals surface area (Å²) in [6, 6.07) is 12.3. The van der Waals surface area contributed by atoms with Crippen molar-refractivity contribution in [2.24, 2.45) is 11.5 Å². The molecule has 2 aromatic carbocycles. The van der Waals surface area contributed by atoms with E-state index < -0.39 is 60.8 Å². The molecule has 0 aliphatic carbocycles. The van der Waals surface area contributed by atoms with Gasteiger partial charge in [-0.1, -0.05) is 42.5 Å². The highest BCUT2D eigenvalue weighted by molar-refractivity contribution is 5.93. The monoisotopic (exact) mass is 512 g/mol. The minimum atomic E-state index is -1.02. The molecule has 0 unspecified atom stereocenters. The second-order valence-corrected chi connectivity index (χ2v) is 8.41. The lowest BCUT2D eigenvalue weighted by Crippen LogP contribution is -2.54. The van der Waals surface area contributed by atoms with Crippen LogP contribution in [0.25, 0.3) is 0 Å². The molecule has 0 spiro atoms. The van der Waals surface area contributed by atoms with E-state index in [2.05, 4.69) is 21.3 Å². The highest BCUT2D eigenvalue weighted by atomic mass is 16.3. The number of aromatic hydroxyl groups is 1. The van der Waals surface area contributed by atoms with Crippen molar-refractivity contribution in [3.05, 3.63) is 65.7 Å². The number of carbonyl (C=O) groups is 5. The van der Waals surface area contributed by atoms with Crippen molar-refractivity contribution in [1.29, 1.82) is 0 Å². The minimum absolute atomic E-state index is 0.0923. The van der Waals surface area contributed by atoms with Gasteiger partial charge in [0.15, 0.2) is 0 Å². The molecule has 0 heterocycles. The third-order valence-corrected chi connectivity index (χ3v) is 5.32. The number of nitrogens with two attached hydrogens (primary N) is 2. The van der Waals surface area contributed by atoms with E-state index in [9.17, 15) is 29.1 Å². The number of primary amides is 1. The molecule has 3 atom stereocenters. The van der Waals surface area contributed by atoms with Gasteiger partial charge in [0.25, 0.3) is 0 Å². The fourth-order valence-corrected chi connectivity index (χ4v) is 3.21. The number of phenolic OH excluding ortho intramolecular Hbond substituents is 1. The van der Waals surface area contributed by atoms with Crippen LogP contribution in [0.5, 0.6) is 5.75 Å². The van der Waals surface area contributed by atoms with Gasteiger partial charge in [0.1, 0.15) is 17.8 Å². The number of carbonyl (C=O) groups excluding carboxylic acids is 5. The lowest BCUT2D eigenvalue weighted by Gasteiger charge is -2.20. The third kappa shape index (κ3) is 10.4. The van der Waals surface area contributed by atoms with Crippen LogP contribution in [0.4, 0.5) is 0 Å². The van der Waals surface area contributed by atoms with E-state index >= 15 is 0 Å². The third-order valence-electron chi connectivity index (χ3n) is 5.32. The predicted octanol–water partition coefficient (Wildman–Crippen LogP) is -1.79. The van der Waals surface area contributed by atoms with E-state index in [0.29, 0.717) is 0 Å². The van der Waals surface area contributed by atoms with Crippen molar-refractivity contribution in [2.75, 3.05) is 13.1 Å². The van der Waals surface area contributed by atoms with Gasteiger partial charge >= 0.3 is 0 Å². The van der Waals surface area contributed by atoms with Gasteiger partial charge in [-0.3, -0.25) is 24.0 Å². The second-order valence-electron chi connectivity index (χ2n) is 8.41. The summed E-state index contributed by atoms with van der Waals surface area (Å²) in [7, 11) is 0. The van der Waals surface area contributed by atoms with Gasteiger partial charge in [-0.25, -0.2) is 0 Å². The molecular weight excluding hydrogens is 480 g/mol. The molecule has 2 rings (SSSR count). The number of phenols is 1. The number of rotatable bonds is 13. The number of hydrogen-bond donors (Lipinski definition) is 7. The molecule has 0 saturated carbocycles. The van der Waals surface area contributed by atoms with Crippen molar-refractivity contribution in [2.45, 2.75) is 37.9 Å². The van der Waals surface area contributed by atoms with Crippen LogP contribution in [0.2, 0.25) is 0 Å². The van der Waals surface area contributed by atoms with Gasteiger partial charge in [-0.05, 0) is 36.6 Å². The molecule has 9 N–H and O–H groups in total. The van der Waals surface area contributed by atoms with Gasteiger partial charge in [-0.15, -0.1) is 0 Å².